The van der Waals surface area contributed by atoms with Crippen LogP contribution in [0.2, 0.25) is 0 Å². The minimum Gasteiger partial charge on any atom is -0.299 e. The van der Waals surface area contributed by atoms with E-state index < -0.39 is 10.8 Å². The first-order valence-electron chi connectivity index (χ1n) is 3.24. The number of nitrogens with one attached hydrogen (secondary N) is 1. The zero-order valence-electron chi connectivity index (χ0n) is 5.30. The van der Waals surface area contributed by atoms with Crippen LogP contribution in [0.15, 0.2) is 0 Å². The molecule has 1 saturated carbocycles. The molecule has 0 bridgehead atoms. The van der Waals surface area contributed by atoms with Gasteiger partial charge < -0.3 is 0 Å². The summed E-state index contributed by atoms with van der Waals surface area (Å²) in [5.74, 6) is 0. The number of rotatable bonds is 2. The van der Waals surface area contributed by atoms with E-state index >= 15 is 0 Å². The molecule has 52 valence electrons. The van der Waals surface area contributed by atoms with Crippen LogP contribution in [0.5, 0.6) is 0 Å². The minimum atomic E-state index is -0.961. The zero-order valence-corrected chi connectivity index (χ0v) is 6.12. The normalized spacial score (nSPS) is 24.0. The summed E-state index contributed by atoms with van der Waals surface area (Å²) in [5.41, 5.74) is 1.07. The van der Waals surface area contributed by atoms with E-state index in [1.54, 1.807) is 0 Å². The van der Waals surface area contributed by atoms with Crippen molar-refractivity contribution in [3.8, 4) is 0 Å². The lowest BCUT2D eigenvalue weighted by Gasteiger charge is -2.00. The topological polar surface area (TPSA) is 40.9 Å². The van der Waals surface area contributed by atoms with Gasteiger partial charge in [0.2, 0.25) is 0 Å². The van der Waals surface area contributed by atoms with Gasteiger partial charge in [0.05, 0.1) is 16.3 Å². The summed E-state index contributed by atoms with van der Waals surface area (Å²) in [6, 6.07) is 0. The minimum absolute atomic E-state index is 0.308. The molecule has 1 rings (SSSR count). The van der Waals surface area contributed by atoms with Crippen LogP contribution in [0.4, 0.5) is 0 Å². The maximum Gasteiger partial charge on any atom is 0.0821 e. The first-order valence-corrected chi connectivity index (χ1v) is 4.52. The molecule has 1 N–H and O–H groups in total. The van der Waals surface area contributed by atoms with E-state index in [4.69, 9.17) is 5.41 Å². The lowest BCUT2D eigenvalue weighted by atomic mass is 10.4. The first kappa shape index (κ1) is 6.93. The van der Waals surface area contributed by atoms with Crippen molar-refractivity contribution in [2.45, 2.75) is 30.9 Å². The van der Waals surface area contributed by atoms with E-state index in [0.29, 0.717) is 5.25 Å². The predicted molar refractivity (Wildman–Crippen MR) is 39.2 cm³/mol. The molecule has 9 heavy (non-hydrogen) atoms. The molecule has 0 aliphatic heterocycles. The van der Waals surface area contributed by atoms with Gasteiger partial charge in [-0.1, -0.05) is 12.8 Å². The van der Waals surface area contributed by atoms with E-state index in [9.17, 15) is 4.21 Å². The molecule has 1 aliphatic carbocycles. The van der Waals surface area contributed by atoms with Crippen molar-refractivity contribution in [2.75, 3.05) is 0 Å². The molecule has 0 radical (unpaired) electrons. The smallest absolute Gasteiger partial charge is 0.0821 e. The molecule has 0 spiro atoms. The van der Waals surface area contributed by atoms with E-state index in [2.05, 4.69) is 0 Å². The molecule has 0 aromatic carbocycles. The van der Waals surface area contributed by atoms with Gasteiger partial charge in [-0.05, 0) is 12.8 Å². The second-order valence-electron chi connectivity index (χ2n) is 2.35. The third-order valence-corrected chi connectivity index (χ3v) is 3.11. The van der Waals surface area contributed by atoms with Gasteiger partial charge in [0.25, 0.3) is 0 Å². The quantitative estimate of drug-likeness (QED) is 0.461. The van der Waals surface area contributed by atoms with Crippen LogP contribution in [-0.4, -0.2) is 15.0 Å². The van der Waals surface area contributed by atoms with Crippen LogP contribution in [0.3, 0.4) is 0 Å². The Kier molecular flexibility index (Phi) is 2.39. The predicted octanol–water partition coefficient (Wildman–Crippen LogP) is 1.28. The third kappa shape index (κ3) is 1.61. The second-order valence-corrected chi connectivity index (χ2v) is 3.91. The maximum absolute atomic E-state index is 10.9. The van der Waals surface area contributed by atoms with Gasteiger partial charge in [-0.15, -0.1) is 0 Å². The molecule has 1 atom stereocenters. The van der Waals surface area contributed by atoms with E-state index in [1.165, 1.54) is 12.8 Å². The van der Waals surface area contributed by atoms with Crippen LogP contribution in [0.25, 0.3) is 0 Å². The Morgan fingerprint density at radius 3 is 2.44 bits per heavy atom. The van der Waals surface area contributed by atoms with E-state index in [0.717, 1.165) is 18.4 Å². The van der Waals surface area contributed by atoms with Crippen molar-refractivity contribution < 1.29 is 4.21 Å². The Morgan fingerprint density at radius 2 is 2.00 bits per heavy atom. The summed E-state index contributed by atoms with van der Waals surface area (Å²) in [6.45, 7) is 0. The van der Waals surface area contributed by atoms with Crippen LogP contribution < -0.4 is 0 Å². The average molecular weight is 145 g/mol. The van der Waals surface area contributed by atoms with Crippen molar-refractivity contribution in [1.29, 1.82) is 5.41 Å². The van der Waals surface area contributed by atoms with E-state index in [1.807, 2.05) is 0 Å². The zero-order chi connectivity index (χ0) is 6.69. The van der Waals surface area contributed by atoms with Crippen LogP contribution in [0.1, 0.15) is 25.7 Å². The molecule has 0 saturated heterocycles. The Hall–Kier alpha value is -0.180. The highest BCUT2D eigenvalue weighted by atomic mass is 32.2. The highest BCUT2D eigenvalue weighted by Crippen LogP contribution is 2.21. The Balaban J connectivity index is 2.41. The van der Waals surface area contributed by atoms with Crippen molar-refractivity contribution in [2.24, 2.45) is 0 Å². The summed E-state index contributed by atoms with van der Waals surface area (Å²) in [5, 5.41) is 7.06. The van der Waals surface area contributed by atoms with Gasteiger partial charge in [-0.3, -0.25) is 9.62 Å². The van der Waals surface area contributed by atoms with Gasteiger partial charge in [-0.25, -0.2) is 0 Å². The van der Waals surface area contributed by atoms with Gasteiger partial charge in [0.15, 0.2) is 0 Å². The summed E-state index contributed by atoms with van der Waals surface area (Å²) in [7, 11) is -0.961. The molecule has 0 heterocycles. The monoisotopic (exact) mass is 145 g/mol. The molecule has 1 unspecified atom stereocenters. The fraction of sp³-hybridized carbons (Fsp3) is 0.833. The summed E-state index contributed by atoms with van der Waals surface area (Å²) < 4.78 is 10.9. The van der Waals surface area contributed by atoms with Crippen LogP contribution in [0, 0.1) is 5.41 Å². The molecule has 1 aliphatic rings. The fourth-order valence-corrected chi connectivity index (χ4v) is 2.21. The molecule has 3 heteroatoms. The van der Waals surface area contributed by atoms with Crippen molar-refractivity contribution in [3.05, 3.63) is 0 Å². The second kappa shape index (κ2) is 3.11. The molecular weight excluding hydrogens is 134 g/mol. The number of hydrogen-bond acceptors (Lipinski definition) is 2. The molecule has 0 aromatic heterocycles. The molecule has 0 amide bonds. The van der Waals surface area contributed by atoms with Crippen molar-refractivity contribution in [1.82, 2.24) is 0 Å². The van der Waals surface area contributed by atoms with Crippen LogP contribution >= 0.6 is 0 Å². The Morgan fingerprint density at radius 1 is 1.44 bits per heavy atom. The van der Waals surface area contributed by atoms with Gasteiger partial charge in [0, 0.05) is 5.25 Å². The van der Waals surface area contributed by atoms with Gasteiger partial charge in [0.1, 0.15) is 0 Å². The summed E-state index contributed by atoms with van der Waals surface area (Å²) in [6.07, 6.45) is 4.51. The largest absolute Gasteiger partial charge is 0.299 e. The summed E-state index contributed by atoms with van der Waals surface area (Å²) in [4.78, 5) is 0. The average Bonchev–Trinajstić information content (AvgIpc) is 2.37. The SMILES string of the molecule is N=CS(=O)C1CCCC1. The summed E-state index contributed by atoms with van der Waals surface area (Å²) >= 11 is 0. The van der Waals surface area contributed by atoms with Gasteiger partial charge in [-0.2, -0.15) is 0 Å². The highest BCUT2D eigenvalue weighted by Gasteiger charge is 2.19. The standard InChI is InChI=1S/C6H11NOS/c7-5-9(8)6-3-1-2-4-6/h5-7H,1-4H2. The van der Waals surface area contributed by atoms with Crippen molar-refractivity contribution >= 4 is 16.3 Å². The Bertz CT molecular complexity index is 129. The Labute approximate surface area is 57.6 Å². The van der Waals surface area contributed by atoms with Crippen molar-refractivity contribution in [3.63, 3.8) is 0 Å². The number of hydrogen-bond donors (Lipinski definition) is 1. The molecule has 0 aromatic rings. The first-order chi connectivity index (χ1) is 4.34. The lowest BCUT2D eigenvalue weighted by Crippen LogP contribution is -2.09. The fourth-order valence-electron chi connectivity index (χ4n) is 1.22. The van der Waals surface area contributed by atoms with Crippen LogP contribution in [-0.2, 0) is 10.8 Å². The van der Waals surface area contributed by atoms with E-state index in [-0.39, 0.29) is 0 Å². The molecule has 1 fully saturated rings. The lowest BCUT2D eigenvalue weighted by molar-refractivity contribution is 0.677. The third-order valence-electron chi connectivity index (χ3n) is 1.75. The highest BCUT2D eigenvalue weighted by molar-refractivity contribution is 7.99. The molecular formula is C6H11NOS. The molecule has 2 nitrogen and oxygen atoms in total. The van der Waals surface area contributed by atoms with Gasteiger partial charge >= 0.3 is 0 Å². The maximum atomic E-state index is 10.9.